The second-order valence-corrected chi connectivity index (χ2v) is 18.4. The lowest BCUT2D eigenvalue weighted by Gasteiger charge is -2.77. The molecule has 0 aromatic carbocycles. The molecule has 2 heterocycles. The number of nitrogens with one attached hydrogen (secondary N) is 2. The van der Waals surface area contributed by atoms with Gasteiger partial charge in [0.25, 0.3) is 0 Å². The van der Waals surface area contributed by atoms with Crippen LogP contribution in [0.25, 0.3) is 0 Å². The fraction of sp³-hybridized carbons (Fsp3) is 0.800. The van der Waals surface area contributed by atoms with Crippen LogP contribution in [0.1, 0.15) is 112 Å². The molecule has 2 aliphatic heterocycles. The van der Waals surface area contributed by atoms with Gasteiger partial charge in [-0.15, -0.1) is 0 Å². The zero-order valence-corrected chi connectivity index (χ0v) is 28.1. The smallest absolute Gasteiger partial charge is 0.0696 e. The Labute approximate surface area is 266 Å². The van der Waals surface area contributed by atoms with Crippen molar-refractivity contribution in [3.8, 4) is 0 Å². The van der Waals surface area contributed by atoms with Gasteiger partial charge in [-0.3, -0.25) is 5.32 Å². The molecular weight excluding hydrogens is 540 g/mol. The van der Waals surface area contributed by atoms with Gasteiger partial charge in [-0.05, 0) is 151 Å². The molecule has 240 valence electrons. The minimum Gasteiger partial charge on any atom is -0.392 e. The Morgan fingerprint density at radius 3 is 2.57 bits per heavy atom. The van der Waals surface area contributed by atoms with Crippen LogP contribution in [0, 0.1) is 51.2 Å². The highest BCUT2D eigenvalue weighted by Crippen LogP contribution is 2.82. The number of aliphatic hydroxyl groups is 2. The third-order valence-electron chi connectivity index (χ3n) is 17.2. The molecule has 0 aromatic heterocycles. The number of allylic oxidation sites excluding steroid dienone is 4. The maximum atomic E-state index is 11.5. The van der Waals surface area contributed by atoms with Gasteiger partial charge in [0.05, 0.1) is 17.7 Å². The van der Waals surface area contributed by atoms with Crippen molar-refractivity contribution >= 4 is 0 Å². The van der Waals surface area contributed by atoms with E-state index in [2.05, 4.69) is 57.8 Å². The second kappa shape index (κ2) is 8.82. The molecule has 1 saturated heterocycles. The van der Waals surface area contributed by atoms with Gasteiger partial charge in [0.1, 0.15) is 0 Å². The van der Waals surface area contributed by atoms with E-state index in [0.717, 1.165) is 18.8 Å². The van der Waals surface area contributed by atoms with Crippen LogP contribution in [0.5, 0.6) is 0 Å². The Hall–Kier alpha value is -1.20. The molecule has 4 spiro atoms. The molecule has 0 radical (unpaired) electrons. The van der Waals surface area contributed by atoms with Crippen LogP contribution in [0.2, 0.25) is 0 Å². The summed E-state index contributed by atoms with van der Waals surface area (Å²) >= 11 is 0. The SMILES string of the molecule is C=C(C)C1CCC2(C)C(=C(C)C=C3C24CCC2(CC4)CC4CC5CC6CC(NCC(C)O)C(O)CC6C56C=CC32NC46C)C1. The maximum absolute atomic E-state index is 11.5. The van der Waals surface area contributed by atoms with Gasteiger partial charge in [-0.1, -0.05) is 48.5 Å². The molecule has 8 fully saturated rings. The van der Waals surface area contributed by atoms with E-state index in [0.29, 0.717) is 35.6 Å². The lowest BCUT2D eigenvalue weighted by molar-refractivity contribution is -0.148. The number of hydrogen-bond donors (Lipinski definition) is 4. The minimum absolute atomic E-state index is 0.0252. The molecule has 4 N–H and O–H groups in total. The van der Waals surface area contributed by atoms with Gasteiger partial charge in [0, 0.05) is 29.0 Å². The minimum atomic E-state index is -0.376. The molecule has 0 amide bonds. The van der Waals surface area contributed by atoms with Crippen LogP contribution in [-0.4, -0.2) is 46.1 Å². The summed E-state index contributed by atoms with van der Waals surface area (Å²) in [6.07, 6.45) is 22.9. The van der Waals surface area contributed by atoms with Crippen molar-refractivity contribution in [3.05, 3.63) is 47.1 Å². The van der Waals surface area contributed by atoms with Crippen LogP contribution < -0.4 is 10.6 Å². The molecule has 8 aliphatic carbocycles. The zero-order valence-electron chi connectivity index (χ0n) is 28.1. The molecule has 4 nitrogen and oxygen atoms in total. The summed E-state index contributed by atoms with van der Waals surface area (Å²) in [5.74, 6) is 3.27. The van der Waals surface area contributed by atoms with Crippen LogP contribution in [0.3, 0.4) is 0 Å². The van der Waals surface area contributed by atoms with Crippen LogP contribution in [0.4, 0.5) is 0 Å². The molecule has 12 atom stereocenters. The molecular formula is C40H58N2O2. The molecule has 7 saturated carbocycles. The van der Waals surface area contributed by atoms with Gasteiger partial charge in [-0.25, -0.2) is 0 Å². The van der Waals surface area contributed by atoms with Crippen molar-refractivity contribution in [2.45, 2.75) is 141 Å². The summed E-state index contributed by atoms with van der Waals surface area (Å²) < 4.78 is 0. The first-order chi connectivity index (χ1) is 20.8. The number of aliphatic hydroxyl groups excluding tert-OH is 2. The Balaban J connectivity index is 1.15. The molecule has 0 aromatic rings. The van der Waals surface area contributed by atoms with E-state index in [1.165, 1.54) is 69.8 Å². The number of rotatable bonds is 4. The monoisotopic (exact) mass is 598 g/mol. The van der Waals surface area contributed by atoms with E-state index in [1.54, 1.807) is 16.7 Å². The van der Waals surface area contributed by atoms with E-state index >= 15 is 0 Å². The molecule has 4 bridgehead atoms. The Bertz CT molecular complexity index is 1400. The van der Waals surface area contributed by atoms with Crippen LogP contribution >= 0.6 is 0 Å². The molecule has 10 aliphatic rings. The molecule has 44 heavy (non-hydrogen) atoms. The van der Waals surface area contributed by atoms with Gasteiger partial charge in [0.15, 0.2) is 0 Å². The fourth-order valence-electron chi connectivity index (χ4n) is 15.1. The number of piperidine rings is 1. The van der Waals surface area contributed by atoms with Gasteiger partial charge in [-0.2, -0.15) is 0 Å². The highest BCUT2D eigenvalue weighted by Gasteiger charge is 2.80. The first kappa shape index (κ1) is 29.0. The Kier molecular flexibility index (Phi) is 5.81. The standard InChI is InChI=1S/C40H58N2O2/c1-23(2)26-7-8-35(5)30(17-26)24(3)15-34-38(35)11-9-37(10-12-38)21-29-19-28-16-27-18-32(41-22-25(4)43)33(44)20-31(27)39(28)13-14-40(34,37)42-36(29,39)6/h13-15,25-29,31-33,41-44H,1,7-12,16-22H2,2-6H3. The zero-order chi connectivity index (χ0) is 30.7. The van der Waals surface area contributed by atoms with Gasteiger partial charge >= 0.3 is 0 Å². The largest absolute Gasteiger partial charge is 0.392 e. The van der Waals surface area contributed by atoms with Crippen molar-refractivity contribution in [1.29, 1.82) is 0 Å². The first-order valence-electron chi connectivity index (χ1n) is 18.5. The summed E-state index contributed by atoms with van der Waals surface area (Å²) in [6, 6.07) is 0.108. The normalized spacial score (nSPS) is 56.7. The van der Waals surface area contributed by atoms with Crippen molar-refractivity contribution in [3.63, 3.8) is 0 Å². The van der Waals surface area contributed by atoms with E-state index < -0.39 is 0 Å². The maximum Gasteiger partial charge on any atom is 0.0696 e. The molecule has 4 heteroatoms. The summed E-state index contributed by atoms with van der Waals surface area (Å²) in [7, 11) is 0. The Morgan fingerprint density at radius 2 is 1.84 bits per heavy atom. The number of fused-ring (bicyclic) bond motifs is 4. The van der Waals surface area contributed by atoms with Crippen molar-refractivity contribution in [1.82, 2.24) is 10.6 Å². The summed E-state index contributed by atoms with van der Waals surface area (Å²) in [4.78, 5) is 0. The second-order valence-electron chi connectivity index (χ2n) is 18.4. The van der Waals surface area contributed by atoms with Gasteiger partial charge < -0.3 is 15.5 Å². The van der Waals surface area contributed by atoms with E-state index in [1.807, 2.05) is 6.92 Å². The third-order valence-corrected chi connectivity index (χ3v) is 17.2. The average molecular weight is 599 g/mol. The van der Waals surface area contributed by atoms with Crippen LogP contribution in [0.15, 0.2) is 47.1 Å². The van der Waals surface area contributed by atoms with Crippen molar-refractivity contribution in [2.75, 3.05) is 6.54 Å². The lowest BCUT2D eigenvalue weighted by Crippen LogP contribution is -2.81. The van der Waals surface area contributed by atoms with Crippen molar-refractivity contribution in [2.24, 2.45) is 51.2 Å². The fourth-order valence-corrected chi connectivity index (χ4v) is 15.1. The summed E-state index contributed by atoms with van der Waals surface area (Å²) in [6.45, 7) is 16.8. The lowest BCUT2D eigenvalue weighted by atomic mass is 9.32. The highest BCUT2D eigenvalue weighted by atomic mass is 16.3. The van der Waals surface area contributed by atoms with Crippen molar-refractivity contribution < 1.29 is 10.2 Å². The number of hydrogen-bond acceptors (Lipinski definition) is 4. The predicted molar refractivity (Wildman–Crippen MR) is 177 cm³/mol. The van der Waals surface area contributed by atoms with E-state index in [9.17, 15) is 10.2 Å². The third kappa shape index (κ3) is 3.08. The highest BCUT2D eigenvalue weighted by molar-refractivity contribution is 5.58. The average Bonchev–Trinajstić information content (AvgIpc) is 3.42. The predicted octanol–water partition coefficient (Wildman–Crippen LogP) is 7.00. The molecule has 10 rings (SSSR count). The molecule has 12 unspecified atom stereocenters. The summed E-state index contributed by atoms with van der Waals surface area (Å²) in [5.41, 5.74) is 7.54. The van der Waals surface area contributed by atoms with Gasteiger partial charge in [0.2, 0.25) is 0 Å². The Morgan fingerprint density at radius 1 is 1.07 bits per heavy atom. The van der Waals surface area contributed by atoms with Crippen LogP contribution in [-0.2, 0) is 0 Å². The van der Waals surface area contributed by atoms with E-state index in [4.69, 9.17) is 5.32 Å². The first-order valence-corrected chi connectivity index (χ1v) is 18.5. The quantitative estimate of drug-likeness (QED) is 0.263. The topological polar surface area (TPSA) is 64.5 Å². The van der Waals surface area contributed by atoms with E-state index in [-0.39, 0.29) is 45.6 Å². The summed E-state index contributed by atoms with van der Waals surface area (Å²) in [5, 5.41) is 29.7.